The molecule has 0 aliphatic rings. The summed E-state index contributed by atoms with van der Waals surface area (Å²) in [5, 5.41) is 2.30. The van der Waals surface area contributed by atoms with Crippen LogP contribution in [-0.4, -0.2) is 24.2 Å². The van der Waals surface area contributed by atoms with Gasteiger partial charge in [0.05, 0.1) is 0 Å². The number of halogens is 3. The smallest absolute Gasteiger partial charge is 0.309 e. The van der Waals surface area contributed by atoms with Gasteiger partial charge in [-0.1, -0.05) is 13.0 Å². The maximum Gasteiger partial charge on any atom is 0.403 e. The fraction of sp³-hybridized carbons (Fsp3) is 0.545. The zero-order valence-electron chi connectivity index (χ0n) is 9.25. The summed E-state index contributed by atoms with van der Waals surface area (Å²) < 4.78 is 37.6. The molecule has 1 aromatic heterocycles. The van der Waals surface area contributed by atoms with E-state index >= 15 is 0 Å². The number of hydrogen-bond donors (Lipinski definition) is 1. The first-order valence-corrected chi connectivity index (χ1v) is 5.09. The van der Waals surface area contributed by atoms with Crippen molar-refractivity contribution in [3.05, 3.63) is 30.1 Å². The second kappa shape index (κ2) is 5.30. The molecule has 16 heavy (non-hydrogen) atoms. The summed E-state index contributed by atoms with van der Waals surface area (Å²) in [5.41, 5.74) is 0.826. The lowest BCUT2D eigenvalue weighted by atomic mass is 9.95. The van der Waals surface area contributed by atoms with Crippen molar-refractivity contribution in [3.8, 4) is 0 Å². The minimum atomic E-state index is -4.20. The number of rotatable bonds is 4. The molecule has 0 saturated heterocycles. The van der Waals surface area contributed by atoms with E-state index in [4.69, 9.17) is 0 Å². The van der Waals surface area contributed by atoms with Crippen molar-refractivity contribution in [2.75, 3.05) is 7.05 Å². The van der Waals surface area contributed by atoms with Crippen LogP contribution in [0.4, 0.5) is 13.2 Å². The highest BCUT2D eigenvalue weighted by Gasteiger charge is 2.39. The highest BCUT2D eigenvalue weighted by Crippen LogP contribution is 2.28. The molecule has 0 bridgehead atoms. The summed E-state index contributed by atoms with van der Waals surface area (Å²) in [6, 6.07) is 2.05. The van der Waals surface area contributed by atoms with Gasteiger partial charge in [-0.15, -0.1) is 0 Å². The zero-order valence-corrected chi connectivity index (χ0v) is 9.25. The van der Waals surface area contributed by atoms with Crippen molar-refractivity contribution in [1.82, 2.24) is 10.3 Å². The predicted molar refractivity (Wildman–Crippen MR) is 56.2 cm³/mol. The molecule has 0 fully saturated rings. The third-order valence-corrected chi connectivity index (χ3v) is 2.59. The van der Waals surface area contributed by atoms with Crippen LogP contribution in [0.3, 0.4) is 0 Å². The average Bonchev–Trinajstić information content (AvgIpc) is 2.25. The number of nitrogens with zero attached hydrogens (tertiary/aromatic N) is 1. The van der Waals surface area contributed by atoms with E-state index in [2.05, 4.69) is 10.3 Å². The van der Waals surface area contributed by atoms with Crippen molar-refractivity contribution in [2.24, 2.45) is 0 Å². The maximum absolute atomic E-state index is 12.5. The lowest BCUT2D eigenvalue weighted by molar-refractivity contribution is -0.156. The Morgan fingerprint density at radius 1 is 1.44 bits per heavy atom. The average molecular weight is 232 g/mol. The number of nitrogens with one attached hydrogen (secondary N) is 1. The number of hydrogen-bond acceptors (Lipinski definition) is 2. The lowest BCUT2D eigenvalue weighted by Gasteiger charge is -2.23. The molecule has 0 aliphatic carbocycles. The zero-order chi connectivity index (χ0) is 12.2. The van der Waals surface area contributed by atoms with Crippen LogP contribution in [0.25, 0.3) is 0 Å². The fourth-order valence-corrected chi connectivity index (χ4v) is 1.57. The van der Waals surface area contributed by atoms with Gasteiger partial charge in [-0.3, -0.25) is 4.98 Å². The number of pyridine rings is 1. The van der Waals surface area contributed by atoms with Crippen LogP contribution in [0.5, 0.6) is 0 Å². The Hall–Kier alpha value is -1.10. The highest BCUT2D eigenvalue weighted by molar-refractivity contribution is 5.14. The Kier molecular flexibility index (Phi) is 4.29. The van der Waals surface area contributed by atoms with Crippen molar-refractivity contribution < 1.29 is 13.2 Å². The van der Waals surface area contributed by atoms with E-state index in [1.807, 2.05) is 0 Å². The molecule has 0 amide bonds. The molecule has 1 heterocycles. The van der Waals surface area contributed by atoms with Gasteiger partial charge in [0, 0.05) is 12.4 Å². The molecule has 1 N–H and O–H groups in total. The van der Waals surface area contributed by atoms with Gasteiger partial charge in [-0.25, -0.2) is 0 Å². The van der Waals surface area contributed by atoms with E-state index in [1.165, 1.54) is 7.05 Å². The molecule has 0 radical (unpaired) electrons. The first-order valence-electron chi connectivity index (χ1n) is 5.09. The minimum absolute atomic E-state index is 0.0195. The molecular weight excluding hydrogens is 217 g/mol. The van der Waals surface area contributed by atoms with Crippen LogP contribution in [0.1, 0.15) is 24.8 Å². The molecule has 2 unspecified atom stereocenters. The Labute approximate surface area is 92.9 Å². The summed E-state index contributed by atoms with van der Waals surface area (Å²) in [6.07, 6.45) is -0.972. The van der Waals surface area contributed by atoms with Crippen molar-refractivity contribution in [2.45, 2.75) is 31.5 Å². The summed E-state index contributed by atoms with van der Waals surface area (Å²) in [6.45, 7) is 1.77. The van der Waals surface area contributed by atoms with E-state index in [1.54, 1.807) is 31.5 Å². The summed E-state index contributed by atoms with van der Waals surface area (Å²) in [5.74, 6) is -0.173. The van der Waals surface area contributed by atoms with E-state index in [0.717, 1.165) is 5.56 Å². The second-order valence-corrected chi connectivity index (χ2v) is 3.81. The van der Waals surface area contributed by atoms with Gasteiger partial charge in [-0.05, 0) is 31.0 Å². The molecule has 5 heteroatoms. The van der Waals surface area contributed by atoms with E-state index in [-0.39, 0.29) is 12.3 Å². The second-order valence-electron chi connectivity index (χ2n) is 3.81. The molecule has 90 valence electrons. The Bertz CT molecular complexity index is 311. The van der Waals surface area contributed by atoms with Crippen LogP contribution >= 0.6 is 0 Å². The van der Waals surface area contributed by atoms with Crippen LogP contribution in [0, 0.1) is 0 Å². The normalized spacial score (nSPS) is 15.8. The van der Waals surface area contributed by atoms with Crippen LogP contribution in [0.2, 0.25) is 0 Å². The van der Waals surface area contributed by atoms with Crippen LogP contribution in [-0.2, 0) is 0 Å². The third-order valence-electron chi connectivity index (χ3n) is 2.59. The molecule has 1 rings (SSSR count). The Morgan fingerprint density at radius 2 is 2.12 bits per heavy atom. The first-order chi connectivity index (χ1) is 7.45. The molecule has 2 nitrogen and oxygen atoms in total. The highest BCUT2D eigenvalue weighted by atomic mass is 19.4. The minimum Gasteiger partial charge on any atom is -0.309 e. The molecule has 1 aromatic rings. The molecular formula is C11H15F3N2. The SMILES string of the molecule is CNC(CC(C)c1cccnc1)C(F)(F)F. The van der Waals surface area contributed by atoms with Crippen LogP contribution in [0.15, 0.2) is 24.5 Å². The van der Waals surface area contributed by atoms with Gasteiger partial charge in [0.2, 0.25) is 0 Å². The molecule has 2 atom stereocenters. The maximum atomic E-state index is 12.5. The third kappa shape index (κ3) is 3.48. The van der Waals surface area contributed by atoms with Gasteiger partial charge in [0.25, 0.3) is 0 Å². The van der Waals surface area contributed by atoms with Gasteiger partial charge in [0.15, 0.2) is 0 Å². The van der Waals surface area contributed by atoms with Gasteiger partial charge in [0.1, 0.15) is 6.04 Å². The largest absolute Gasteiger partial charge is 0.403 e. The molecule has 0 saturated carbocycles. The quantitative estimate of drug-likeness (QED) is 0.863. The number of alkyl halides is 3. The van der Waals surface area contributed by atoms with Crippen molar-refractivity contribution in [3.63, 3.8) is 0 Å². The monoisotopic (exact) mass is 232 g/mol. The molecule has 0 spiro atoms. The van der Waals surface area contributed by atoms with Crippen LogP contribution < -0.4 is 5.32 Å². The van der Waals surface area contributed by atoms with E-state index < -0.39 is 12.2 Å². The van der Waals surface area contributed by atoms with Crippen molar-refractivity contribution in [1.29, 1.82) is 0 Å². The first kappa shape index (κ1) is 13.0. The van der Waals surface area contributed by atoms with E-state index in [9.17, 15) is 13.2 Å². The Morgan fingerprint density at radius 3 is 2.56 bits per heavy atom. The van der Waals surface area contributed by atoms with Gasteiger partial charge in [-0.2, -0.15) is 13.2 Å². The fourth-order valence-electron chi connectivity index (χ4n) is 1.57. The van der Waals surface area contributed by atoms with Gasteiger partial charge < -0.3 is 5.32 Å². The standard InChI is InChI=1S/C11H15F3N2/c1-8(9-4-3-5-16-7-9)6-10(15-2)11(12,13)14/h3-5,7-8,10,15H,6H2,1-2H3. The molecule has 0 aromatic carbocycles. The summed E-state index contributed by atoms with van der Waals surface area (Å²) >= 11 is 0. The molecule has 0 aliphatic heterocycles. The van der Waals surface area contributed by atoms with Gasteiger partial charge >= 0.3 is 6.18 Å². The summed E-state index contributed by atoms with van der Waals surface area (Å²) in [7, 11) is 1.33. The topological polar surface area (TPSA) is 24.9 Å². The number of aromatic nitrogens is 1. The summed E-state index contributed by atoms with van der Waals surface area (Å²) in [4.78, 5) is 3.90. The van der Waals surface area contributed by atoms with Crippen molar-refractivity contribution >= 4 is 0 Å². The van der Waals surface area contributed by atoms with E-state index in [0.29, 0.717) is 0 Å². The Balaban J connectivity index is 2.67. The predicted octanol–water partition coefficient (Wildman–Crippen LogP) is 2.73. The lowest BCUT2D eigenvalue weighted by Crippen LogP contribution is -2.40.